The number of hydrogen-bond acceptors (Lipinski definition) is 6. The van der Waals surface area contributed by atoms with Gasteiger partial charge in [0, 0.05) is 37.1 Å². The molecule has 3 heterocycles. The van der Waals surface area contributed by atoms with Crippen LogP contribution in [-0.4, -0.2) is 63.9 Å². The Hall–Kier alpha value is -2.87. The van der Waals surface area contributed by atoms with Gasteiger partial charge in [0.05, 0.1) is 12.7 Å². The van der Waals surface area contributed by atoms with E-state index in [9.17, 15) is 4.79 Å². The monoisotopic (exact) mass is 412 g/mol. The molecule has 0 unspecified atom stereocenters. The van der Waals surface area contributed by atoms with Crippen LogP contribution in [0.15, 0.2) is 30.3 Å². The molecule has 8 nitrogen and oxygen atoms in total. The normalized spacial score (nSPS) is 17.0. The number of methoxy groups -OCH3 is 1. The molecular weight excluding hydrogens is 392 g/mol. The molecule has 1 aromatic carbocycles. The molecule has 0 radical (unpaired) electrons. The smallest absolute Gasteiger partial charge is 0.257 e. The van der Waals surface area contributed by atoms with Crippen molar-refractivity contribution in [2.75, 3.05) is 38.2 Å². The Balaban J connectivity index is 1.31. The number of aromatic nitrogens is 4. The maximum absolute atomic E-state index is 13.0. The zero-order chi connectivity index (χ0) is 20.0. The topological polar surface area (TPSA) is 75.9 Å². The number of carbonyl (C=O) groups excluding carboxylic acids is 1. The van der Waals surface area contributed by atoms with Crippen molar-refractivity contribution in [3.8, 4) is 5.75 Å². The van der Waals surface area contributed by atoms with Crippen LogP contribution in [0.25, 0.3) is 5.65 Å². The number of halogens is 1. The molecule has 1 amide bonds. The summed E-state index contributed by atoms with van der Waals surface area (Å²) in [5.41, 5.74) is 1.27. The SMILES string of the molecule is COc1ccc(Cl)cc1C(=O)N1CCN(c2ccc3nnc(C4CC4)n3n2)CC1. The van der Waals surface area contributed by atoms with Crippen LogP contribution in [0.5, 0.6) is 5.75 Å². The molecule has 5 rings (SSSR count). The van der Waals surface area contributed by atoms with E-state index >= 15 is 0 Å². The number of rotatable bonds is 4. The number of anilines is 1. The molecule has 0 bridgehead atoms. The van der Waals surface area contributed by atoms with Crippen molar-refractivity contribution in [2.45, 2.75) is 18.8 Å². The van der Waals surface area contributed by atoms with E-state index in [4.69, 9.17) is 21.4 Å². The van der Waals surface area contributed by atoms with Gasteiger partial charge in [-0.25, -0.2) is 0 Å². The van der Waals surface area contributed by atoms with Gasteiger partial charge in [-0.05, 0) is 43.2 Å². The molecular formula is C20H21ClN6O2. The summed E-state index contributed by atoms with van der Waals surface area (Å²) < 4.78 is 7.19. The van der Waals surface area contributed by atoms with Crippen molar-refractivity contribution in [3.05, 3.63) is 46.7 Å². The minimum atomic E-state index is -0.0674. The summed E-state index contributed by atoms with van der Waals surface area (Å²) in [5, 5.41) is 13.8. The predicted molar refractivity (Wildman–Crippen MR) is 109 cm³/mol. The fourth-order valence-corrected chi connectivity index (χ4v) is 3.89. The maximum Gasteiger partial charge on any atom is 0.257 e. The zero-order valence-corrected chi connectivity index (χ0v) is 16.8. The summed E-state index contributed by atoms with van der Waals surface area (Å²) in [6.07, 6.45) is 2.31. The first-order chi connectivity index (χ1) is 14.1. The summed E-state index contributed by atoms with van der Waals surface area (Å²) in [7, 11) is 1.56. The van der Waals surface area contributed by atoms with Crippen LogP contribution in [-0.2, 0) is 0 Å². The van der Waals surface area contributed by atoms with Crippen molar-refractivity contribution in [1.29, 1.82) is 0 Å². The Kier molecular flexibility index (Phi) is 4.50. The Morgan fingerprint density at radius 3 is 2.62 bits per heavy atom. The molecule has 1 saturated heterocycles. The Morgan fingerprint density at radius 1 is 1.10 bits per heavy atom. The van der Waals surface area contributed by atoms with Gasteiger partial charge in [0.1, 0.15) is 11.6 Å². The van der Waals surface area contributed by atoms with Gasteiger partial charge in [-0.3, -0.25) is 4.79 Å². The molecule has 29 heavy (non-hydrogen) atoms. The van der Waals surface area contributed by atoms with Gasteiger partial charge in [0.15, 0.2) is 11.5 Å². The van der Waals surface area contributed by atoms with Crippen molar-refractivity contribution >= 4 is 29.0 Å². The lowest BCUT2D eigenvalue weighted by atomic mass is 10.1. The van der Waals surface area contributed by atoms with E-state index < -0.39 is 0 Å². The van der Waals surface area contributed by atoms with Gasteiger partial charge < -0.3 is 14.5 Å². The number of ether oxygens (including phenoxy) is 1. The molecule has 0 N–H and O–H groups in total. The van der Waals surface area contributed by atoms with E-state index in [1.807, 2.05) is 21.5 Å². The number of carbonyl (C=O) groups is 1. The van der Waals surface area contributed by atoms with Crippen LogP contribution in [0, 0.1) is 0 Å². The molecule has 0 atom stereocenters. The quantitative estimate of drug-likeness (QED) is 0.655. The predicted octanol–water partition coefficient (Wildman–Crippen LogP) is 2.63. The van der Waals surface area contributed by atoms with Crippen LogP contribution in [0.3, 0.4) is 0 Å². The largest absolute Gasteiger partial charge is 0.496 e. The first-order valence-electron chi connectivity index (χ1n) is 9.74. The first-order valence-corrected chi connectivity index (χ1v) is 10.1. The molecule has 2 fully saturated rings. The van der Waals surface area contributed by atoms with Gasteiger partial charge in [-0.15, -0.1) is 15.3 Å². The van der Waals surface area contributed by atoms with Crippen molar-refractivity contribution < 1.29 is 9.53 Å². The van der Waals surface area contributed by atoms with Crippen LogP contribution in [0.2, 0.25) is 5.02 Å². The maximum atomic E-state index is 13.0. The highest BCUT2D eigenvalue weighted by molar-refractivity contribution is 6.31. The fraction of sp³-hybridized carbons (Fsp3) is 0.400. The van der Waals surface area contributed by atoms with Crippen molar-refractivity contribution in [1.82, 2.24) is 24.7 Å². The molecule has 9 heteroatoms. The highest BCUT2D eigenvalue weighted by Crippen LogP contribution is 2.38. The average molecular weight is 413 g/mol. The Morgan fingerprint density at radius 2 is 1.90 bits per heavy atom. The van der Waals surface area contributed by atoms with Gasteiger partial charge in [0.25, 0.3) is 5.91 Å². The molecule has 1 saturated carbocycles. The molecule has 1 aliphatic heterocycles. The molecule has 150 valence electrons. The summed E-state index contributed by atoms with van der Waals surface area (Å²) in [6.45, 7) is 2.61. The lowest BCUT2D eigenvalue weighted by Gasteiger charge is -2.35. The van der Waals surface area contributed by atoms with Gasteiger partial charge in [0.2, 0.25) is 0 Å². The third kappa shape index (κ3) is 3.37. The van der Waals surface area contributed by atoms with Gasteiger partial charge in [-0.1, -0.05) is 11.6 Å². The van der Waals surface area contributed by atoms with Crippen LogP contribution < -0.4 is 9.64 Å². The van der Waals surface area contributed by atoms with Crippen LogP contribution in [0.1, 0.15) is 34.9 Å². The van der Waals surface area contributed by atoms with Crippen LogP contribution >= 0.6 is 11.6 Å². The number of benzene rings is 1. The third-order valence-corrected chi connectivity index (χ3v) is 5.73. The Labute approximate surface area is 173 Å². The summed E-state index contributed by atoms with van der Waals surface area (Å²) in [6, 6.07) is 9.03. The summed E-state index contributed by atoms with van der Waals surface area (Å²) in [4.78, 5) is 17.0. The van der Waals surface area contributed by atoms with E-state index in [2.05, 4.69) is 15.1 Å². The number of nitrogens with zero attached hydrogens (tertiary/aromatic N) is 6. The minimum absolute atomic E-state index is 0.0674. The van der Waals surface area contributed by atoms with Crippen LogP contribution in [0.4, 0.5) is 5.82 Å². The highest BCUT2D eigenvalue weighted by Gasteiger charge is 2.30. The number of amides is 1. The summed E-state index contributed by atoms with van der Waals surface area (Å²) in [5.74, 6) is 2.78. The second kappa shape index (κ2) is 7.18. The van der Waals surface area contributed by atoms with Gasteiger partial charge in [-0.2, -0.15) is 4.52 Å². The number of fused-ring (bicyclic) bond motifs is 1. The van der Waals surface area contributed by atoms with E-state index in [0.29, 0.717) is 48.4 Å². The van der Waals surface area contributed by atoms with E-state index in [-0.39, 0.29) is 5.91 Å². The molecule has 0 spiro atoms. The Bertz CT molecular complexity index is 1070. The van der Waals surface area contributed by atoms with Crippen molar-refractivity contribution in [3.63, 3.8) is 0 Å². The fourth-order valence-electron chi connectivity index (χ4n) is 3.72. The number of piperazine rings is 1. The lowest BCUT2D eigenvalue weighted by molar-refractivity contribution is 0.0743. The lowest BCUT2D eigenvalue weighted by Crippen LogP contribution is -2.49. The molecule has 1 aliphatic carbocycles. The highest BCUT2D eigenvalue weighted by atomic mass is 35.5. The van der Waals surface area contributed by atoms with Gasteiger partial charge >= 0.3 is 0 Å². The molecule has 2 aliphatic rings. The van der Waals surface area contributed by atoms with E-state index in [1.165, 1.54) is 0 Å². The van der Waals surface area contributed by atoms with E-state index in [1.54, 1.807) is 25.3 Å². The molecule has 3 aromatic rings. The first kappa shape index (κ1) is 18.2. The van der Waals surface area contributed by atoms with E-state index in [0.717, 1.165) is 30.1 Å². The standard InChI is InChI=1S/C20H21ClN6O2/c1-29-16-5-4-14(21)12-15(16)20(28)26-10-8-25(9-11-26)18-7-6-17-22-23-19(13-2-3-13)27(17)24-18/h4-7,12-13H,2-3,8-11H2,1H3. The van der Waals surface area contributed by atoms with Crippen molar-refractivity contribution in [2.24, 2.45) is 0 Å². The third-order valence-electron chi connectivity index (χ3n) is 5.50. The molecule has 2 aromatic heterocycles. The average Bonchev–Trinajstić information content (AvgIpc) is 3.52. The second-order valence-corrected chi connectivity index (χ2v) is 7.85. The summed E-state index contributed by atoms with van der Waals surface area (Å²) >= 11 is 6.08. The second-order valence-electron chi connectivity index (χ2n) is 7.42. The number of hydrogen-bond donors (Lipinski definition) is 0. The minimum Gasteiger partial charge on any atom is -0.496 e. The zero-order valence-electron chi connectivity index (χ0n) is 16.1.